The predicted octanol–water partition coefficient (Wildman–Crippen LogP) is 4.75. The molecule has 0 bridgehead atoms. The number of carboxylic acid groups (broad SMARTS) is 1. The van der Waals surface area contributed by atoms with Gasteiger partial charge < -0.3 is 20.1 Å². The third-order valence-corrected chi connectivity index (χ3v) is 6.81. The molecule has 2 aromatic carbocycles. The molecule has 2 heterocycles. The SMILES string of the molecule is Cc1c(OCCNCCCF)ccc(F)c1C1c2[nH]c3ccccc3c2C[C@@H](C)N1CCC(=O)O. The largest absolute Gasteiger partial charge is 0.492 e. The highest BCUT2D eigenvalue weighted by Gasteiger charge is 2.38. The summed E-state index contributed by atoms with van der Waals surface area (Å²) in [6, 6.07) is 10.7. The fourth-order valence-corrected chi connectivity index (χ4v) is 5.11. The molecule has 6 nitrogen and oxygen atoms in total. The molecule has 0 radical (unpaired) electrons. The van der Waals surface area contributed by atoms with Crippen LogP contribution in [0.1, 0.15) is 48.2 Å². The third kappa shape index (κ3) is 5.33. The molecule has 0 spiro atoms. The zero-order valence-corrected chi connectivity index (χ0v) is 20.2. The number of halogens is 2. The minimum atomic E-state index is -0.882. The molecule has 1 aliphatic heterocycles. The first kappa shape index (κ1) is 25.1. The van der Waals surface area contributed by atoms with Crippen molar-refractivity contribution in [3.8, 4) is 5.75 Å². The molecule has 0 aliphatic carbocycles. The zero-order chi connectivity index (χ0) is 24.9. The summed E-state index contributed by atoms with van der Waals surface area (Å²) < 4.78 is 33.8. The van der Waals surface area contributed by atoms with Gasteiger partial charge in [0.1, 0.15) is 18.2 Å². The van der Waals surface area contributed by atoms with E-state index < -0.39 is 12.0 Å². The Morgan fingerprint density at radius 2 is 2.06 bits per heavy atom. The molecular weight excluding hydrogens is 452 g/mol. The number of aliphatic carboxylic acids is 1. The lowest BCUT2D eigenvalue weighted by molar-refractivity contribution is -0.137. The van der Waals surface area contributed by atoms with Crippen molar-refractivity contribution in [2.24, 2.45) is 0 Å². The van der Waals surface area contributed by atoms with E-state index >= 15 is 4.39 Å². The van der Waals surface area contributed by atoms with Crippen LogP contribution in [0.2, 0.25) is 0 Å². The first-order valence-corrected chi connectivity index (χ1v) is 12.2. The molecule has 0 saturated heterocycles. The van der Waals surface area contributed by atoms with Crippen LogP contribution in [-0.2, 0) is 11.2 Å². The van der Waals surface area contributed by atoms with Crippen molar-refractivity contribution in [3.63, 3.8) is 0 Å². The first-order valence-electron chi connectivity index (χ1n) is 12.2. The predicted molar refractivity (Wildman–Crippen MR) is 132 cm³/mol. The topological polar surface area (TPSA) is 77.6 Å². The molecule has 4 rings (SSSR count). The van der Waals surface area contributed by atoms with E-state index in [1.807, 2.05) is 25.1 Å². The van der Waals surface area contributed by atoms with Crippen molar-refractivity contribution in [2.75, 3.05) is 32.9 Å². The van der Waals surface area contributed by atoms with E-state index in [0.717, 1.165) is 28.6 Å². The maximum absolute atomic E-state index is 15.5. The monoisotopic (exact) mass is 485 g/mol. The van der Waals surface area contributed by atoms with Gasteiger partial charge in [-0.05, 0) is 62.6 Å². The van der Waals surface area contributed by atoms with Gasteiger partial charge in [0.15, 0.2) is 0 Å². The van der Waals surface area contributed by atoms with Crippen LogP contribution < -0.4 is 10.1 Å². The standard InChI is InChI=1S/C27H33F2N3O3/c1-17-16-20-19-6-3-4-7-22(19)31-26(20)27(32(17)14-10-24(33)34)25-18(2)23(9-8-21(25)29)35-15-13-30-12-5-11-28/h3-4,6-9,17,27,30-31H,5,10-16H2,1-2H3,(H,33,34)/t17-,27?/m1/s1. The van der Waals surface area contributed by atoms with E-state index in [1.54, 1.807) is 6.07 Å². The second kappa shape index (κ2) is 11.2. The number of para-hydroxylation sites is 1. The fourth-order valence-electron chi connectivity index (χ4n) is 5.11. The van der Waals surface area contributed by atoms with E-state index in [1.165, 1.54) is 6.07 Å². The van der Waals surface area contributed by atoms with Crippen LogP contribution in [-0.4, -0.2) is 59.9 Å². The molecule has 0 saturated carbocycles. The summed E-state index contributed by atoms with van der Waals surface area (Å²) in [4.78, 5) is 17.0. The summed E-state index contributed by atoms with van der Waals surface area (Å²) in [6.45, 7) is 5.37. The number of carbonyl (C=O) groups is 1. The van der Waals surface area contributed by atoms with Crippen molar-refractivity contribution in [1.82, 2.24) is 15.2 Å². The minimum Gasteiger partial charge on any atom is -0.492 e. The van der Waals surface area contributed by atoms with E-state index in [4.69, 9.17) is 4.74 Å². The van der Waals surface area contributed by atoms with Gasteiger partial charge in [0.25, 0.3) is 0 Å². The Morgan fingerprint density at radius 3 is 2.83 bits per heavy atom. The quantitative estimate of drug-likeness (QED) is 0.342. The lowest BCUT2D eigenvalue weighted by Gasteiger charge is -2.41. The summed E-state index contributed by atoms with van der Waals surface area (Å²) in [6.07, 6.45) is 1.17. The number of hydrogen-bond acceptors (Lipinski definition) is 4. The van der Waals surface area contributed by atoms with Gasteiger partial charge in [0.2, 0.25) is 0 Å². The van der Waals surface area contributed by atoms with Crippen molar-refractivity contribution < 1.29 is 23.4 Å². The average Bonchev–Trinajstić information content (AvgIpc) is 3.20. The van der Waals surface area contributed by atoms with Gasteiger partial charge in [-0.2, -0.15) is 0 Å². The number of ether oxygens (including phenoxy) is 1. The number of aromatic amines is 1. The highest BCUT2D eigenvalue weighted by molar-refractivity contribution is 5.85. The molecular formula is C27H33F2N3O3. The van der Waals surface area contributed by atoms with E-state index in [9.17, 15) is 14.3 Å². The van der Waals surface area contributed by atoms with Crippen molar-refractivity contribution in [3.05, 3.63) is 64.6 Å². The number of alkyl halides is 1. The number of benzene rings is 2. The Hall–Kier alpha value is -2.97. The van der Waals surface area contributed by atoms with Gasteiger partial charge >= 0.3 is 5.97 Å². The van der Waals surface area contributed by atoms with Crippen molar-refractivity contribution in [2.45, 2.75) is 45.2 Å². The van der Waals surface area contributed by atoms with Crippen molar-refractivity contribution >= 4 is 16.9 Å². The third-order valence-electron chi connectivity index (χ3n) is 6.81. The van der Waals surface area contributed by atoms with Crippen molar-refractivity contribution in [1.29, 1.82) is 0 Å². The van der Waals surface area contributed by atoms with E-state index in [0.29, 0.717) is 49.5 Å². The summed E-state index contributed by atoms with van der Waals surface area (Å²) in [5.74, 6) is -0.643. The maximum atomic E-state index is 15.5. The summed E-state index contributed by atoms with van der Waals surface area (Å²) in [5.41, 5.74) is 4.23. The van der Waals surface area contributed by atoms with Gasteiger partial charge in [0.05, 0.1) is 19.1 Å². The second-order valence-corrected chi connectivity index (χ2v) is 9.13. The maximum Gasteiger partial charge on any atom is 0.304 e. The van der Waals surface area contributed by atoms with Crippen LogP contribution in [0.3, 0.4) is 0 Å². The van der Waals surface area contributed by atoms with Crippen LogP contribution in [0.15, 0.2) is 36.4 Å². The molecule has 188 valence electrons. The average molecular weight is 486 g/mol. The Kier molecular flexibility index (Phi) is 8.03. The number of rotatable bonds is 11. The Balaban J connectivity index is 1.72. The molecule has 35 heavy (non-hydrogen) atoms. The second-order valence-electron chi connectivity index (χ2n) is 9.13. The summed E-state index contributed by atoms with van der Waals surface area (Å²) >= 11 is 0. The molecule has 1 aromatic heterocycles. The number of nitrogens with one attached hydrogen (secondary N) is 2. The van der Waals surface area contributed by atoms with Gasteiger partial charge in [-0.1, -0.05) is 18.2 Å². The lowest BCUT2D eigenvalue weighted by Crippen LogP contribution is -2.44. The zero-order valence-electron chi connectivity index (χ0n) is 20.2. The number of hydrogen-bond donors (Lipinski definition) is 3. The number of nitrogens with zero attached hydrogens (tertiary/aromatic N) is 1. The number of carboxylic acids is 1. The van der Waals surface area contributed by atoms with Gasteiger partial charge in [-0.15, -0.1) is 0 Å². The minimum absolute atomic E-state index is 0.0223. The van der Waals surface area contributed by atoms with Gasteiger partial charge in [-0.25, -0.2) is 4.39 Å². The first-order chi connectivity index (χ1) is 16.9. The van der Waals surface area contributed by atoms with Gasteiger partial charge in [-0.3, -0.25) is 14.1 Å². The molecule has 1 unspecified atom stereocenters. The van der Waals surface area contributed by atoms with Crippen LogP contribution in [0.4, 0.5) is 8.78 Å². The molecule has 8 heteroatoms. The molecule has 0 fully saturated rings. The van der Waals surface area contributed by atoms with E-state index in [2.05, 4.69) is 28.2 Å². The molecule has 0 amide bonds. The Bertz CT molecular complexity index is 1180. The van der Waals surface area contributed by atoms with Crippen LogP contribution >= 0.6 is 0 Å². The van der Waals surface area contributed by atoms with Crippen LogP contribution in [0.5, 0.6) is 5.75 Å². The highest BCUT2D eigenvalue weighted by Crippen LogP contribution is 2.43. The van der Waals surface area contributed by atoms with Crippen LogP contribution in [0, 0.1) is 12.7 Å². The molecule has 2 atom stereocenters. The fraction of sp³-hybridized carbons (Fsp3) is 0.444. The highest BCUT2D eigenvalue weighted by atomic mass is 19.1. The normalized spacial score (nSPS) is 18.1. The van der Waals surface area contributed by atoms with E-state index in [-0.39, 0.29) is 25.0 Å². The number of fused-ring (bicyclic) bond motifs is 3. The number of H-pyrrole nitrogens is 1. The molecule has 1 aliphatic rings. The number of aromatic nitrogens is 1. The molecule has 3 N–H and O–H groups in total. The summed E-state index contributed by atoms with van der Waals surface area (Å²) in [5, 5.41) is 13.6. The van der Waals surface area contributed by atoms with Gasteiger partial charge in [0, 0.05) is 41.3 Å². The lowest BCUT2D eigenvalue weighted by atomic mass is 9.86. The summed E-state index contributed by atoms with van der Waals surface area (Å²) in [7, 11) is 0. The molecule has 3 aromatic rings. The Labute approximate surface area is 204 Å². The Morgan fingerprint density at radius 1 is 1.26 bits per heavy atom. The van der Waals surface area contributed by atoms with Crippen LogP contribution in [0.25, 0.3) is 10.9 Å². The smallest absolute Gasteiger partial charge is 0.304 e.